The van der Waals surface area contributed by atoms with Gasteiger partial charge in [0, 0.05) is 55.6 Å². The van der Waals surface area contributed by atoms with Crippen molar-refractivity contribution in [1.29, 1.82) is 0 Å². The average molecular weight is 469 g/mol. The fraction of sp³-hybridized carbons (Fsp3) is 0.300. The van der Waals surface area contributed by atoms with Crippen LogP contribution >= 0.6 is 15.9 Å². The Morgan fingerprint density at radius 1 is 1.36 bits per heavy atom. The third-order valence-electron chi connectivity index (χ3n) is 1.78. The summed E-state index contributed by atoms with van der Waals surface area (Å²) >= 11 is 3.35. The number of benzene rings is 1. The summed E-state index contributed by atoms with van der Waals surface area (Å²) in [6.45, 7) is 1.71. The molecule has 0 heterocycles. The van der Waals surface area contributed by atoms with E-state index in [2.05, 4.69) is 20.9 Å². The van der Waals surface area contributed by atoms with Crippen molar-refractivity contribution in [3.05, 3.63) is 34.3 Å². The number of aliphatic hydroxyl groups is 1. The van der Waals surface area contributed by atoms with Crippen LogP contribution in [0.25, 0.3) is 0 Å². The number of aliphatic imine (C=N–C) groups is 1. The minimum atomic E-state index is -0.522. The van der Waals surface area contributed by atoms with Gasteiger partial charge in [0.05, 0.1) is 11.8 Å². The Hall–Kier alpha value is 0.772. The quantitative estimate of drug-likeness (QED) is 0.663. The summed E-state index contributed by atoms with van der Waals surface area (Å²) in [4.78, 5) is 4.04. The van der Waals surface area contributed by atoms with Gasteiger partial charge >= 0.3 is 0 Å². The smallest absolute Gasteiger partial charge is 0.0933 e. The van der Waals surface area contributed by atoms with Crippen LogP contribution in [0.5, 0.6) is 0 Å². The number of halogens is 1. The minimum absolute atomic E-state index is 0. The van der Waals surface area contributed by atoms with E-state index in [1.54, 1.807) is 14.0 Å². The second-order valence-electron chi connectivity index (χ2n) is 2.79. The van der Waals surface area contributed by atoms with Crippen LogP contribution in [0.3, 0.4) is 0 Å². The molecule has 1 aromatic rings. The van der Waals surface area contributed by atoms with E-state index < -0.39 is 6.10 Å². The van der Waals surface area contributed by atoms with Gasteiger partial charge in [0.15, 0.2) is 0 Å². The summed E-state index contributed by atoms with van der Waals surface area (Å²) in [5, 5.41) is 9.39. The molecule has 0 aliphatic rings. The van der Waals surface area contributed by atoms with E-state index in [0.717, 1.165) is 10.0 Å². The van der Waals surface area contributed by atoms with E-state index >= 15 is 0 Å². The second-order valence-corrected chi connectivity index (χ2v) is 3.71. The van der Waals surface area contributed by atoms with Crippen molar-refractivity contribution in [3.8, 4) is 0 Å². The first-order valence-electron chi connectivity index (χ1n) is 4.06. The Morgan fingerprint density at radius 2 is 1.86 bits per heavy atom. The van der Waals surface area contributed by atoms with Crippen molar-refractivity contribution in [2.24, 2.45) is 4.99 Å². The average Bonchev–Trinajstić information content (AvgIpc) is 2.09. The van der Waals surface area contributed by atoms with E-state index in [0.29, 0.717) is 5.71 Å². The first kappa shape index (κ1) is 14.8. The van der Waals surface area contributed by atoms with E-state index in [1.807, 2.05) is 24.3 Å². The monoisotopic (exact) mass is 468 g/mol. The SMILES string of the molecule is CN=C(c1ccc(Br)cc1)[C@@H](C)O.[Ac]. The molecule has 0 bridgehead atoms. The van der Waals surface area contributed by atoms with E-state index in [9.17, 15) is 5.11 Å². The predicted molar refractivity (Wildman–Crippen MR) is 58.3 cm³/mol. The molecule has 0 amide bonds. The van der Waals surface area contributed by atoms with E-state index in [1.165, 1.54) is 0 Å². The number of aliphatic hydroxyl groups excluding tert-OH is 1. The van der Waals surface area contributed by atoms with Crippen LogP contribution in [0.1, 0.15) is 12.5 Å². The van der Waals surface area contributed by atoms with Crippen LogP contribution in [-0.4, -0.2) is 24.0 Å². The van der Waals surface area contributed by atoms with Crippen molar-refractivity contribution in [3.63, 3.8) is 0 Å². The zero-order chi connectivity index (χ0) is 9.84. The number of hydrogen-bond acceptors (Lipinski definition) is 2. The maximum absolute atomic E-state index is 9.39. The third-order valence-corrected chi connectivity index (χ3v) is 2.31. The zero-order valence-electron chi connectivity index (χ0n) is 8.24. The number of rotatable bonds is 2. The normalized spacial score (nSPS) is 13.3. The summed E-state index contributed by atoms with van der Waals surface area (Å²) < 4.78 is 1.03. The van der Waals surface area contributed by atoms with Crippen LogP contribution < -0.4 is 0 Å². The molecule has 4 heteroatoms. The summed E-state index contributed by atoms with van der Waals surface area (Å²) in [6.07, 6.45) is -0.522. The van der Waals surface area contributed by atoms with Gasteiger partial charge in [0.25, 0.3) is 0 Å². The third kappa shape index (κ3) is 4.10. The summed E-state index contributed by atoms with van der Waals surface area (Å²) in [5.74, 6) is 0. The molecule has 2 nitrogen and oxygen atoms in total. The molecule has 14 heavy (non-hydrogen) atoms. The van der Waals surface area contributed by atoms with Gasteiger partial charge in [-0.15, -0.1) is 0 Å². The Kier molecular flexibility index (Phi) is 7.50. The predicted octanol–water partition coefficient (Wildman–Crippen LogP) is 2.25. The Morgan fingerprint density at radius 3 is 2.21 bits per heavy atom. The van der Waals surface area contributed by atoms with Crippen LogP contribution in [0.2, 0.25) is 0 Å². The Balaban J connectivity index is 0.00000169. The molecule has 0 fully saturated rings. The van der Waals surface area contributed by atoms with Gasteiger partial charge < -0.3 is 5.11 Å². The molecule has 0 aliphatic heterocycles. The molecule has 0 saturated carbocycles. The van der Waals surface area contributed by atoms with Gasteiger partial charge in [-0.05, 0) is 24.6 Å². The van der Waals surface area contributed by atoms with Gasteiger partial charge in [-0.1, -0.05) is 28.1 Å². The summed E-state index contributed by atoms with van der Waals surface area (Å²) in [6, 6.07) is 7.73. The summed E-state index contributed by atoms with van der Waals surface area (Å²) in [7, 11) is 1.68. The van der Waals surface area contributed by atoms with Crippen molar-refractivity contribution in [2.75, 3.05) is 7.05 Å². The van der Waals surface area contributed by atoms with Gasteiger partial charge in [-0.3, -0.25) is 4.99 Å². The number of hydrogen-bond donors (Lipinski definition) is 1. The minimum Gasteiger partial charge on any atom is -0.387 e. The van der Waals surface area contributed by atoms with Gasteiger partial charge in [-0.25, -0.2) is 0 Å². The molecule has 73 valence electrons. The molecule has 1 atom stereocenters. The van der Waals surface area contributed by atoms with Crippen molar-refractivity contribution < 1.29 is 49.2 Å². The molecular formula is C10H12AcBrNO. The van der Waals surface area contributed by atoms with E-state index in [-0.39, 0.29) is 44.1 Å². The fourth-order valence-electron chi connectivity index (χ4n) is 1.18. The molecular weight excluding hydrogens is 457 g/mol. The van der Waals surface area contributed by atoms with Crippen molar-refractivity contribution >= 4 is 21.6 Å². The molecule has 1 rings (SSSR count). The zero-order valence-corrected chi connectivity index (χ0v) is 14.6. The second kappa shape index (κ2) is 7.11. The van der Waals surface area contributed by atoms with Gasteiger partial charge in [-0.2, -0.15) is 0 Å². The Labute approximate surface area is 129 Å². The number of nitrogens with zero attached hydrogens (tertiary/aromatic N) is 1. The maximum Gasteiger partial charge on any atom is 0.0933 e. The van der Waals surface area contributed by atoms with Crippen molar-refractivity contribution in [1.82, 2.24) is 0 Å². The van der Waals surface area contributed by atoms with Crippen molar-refractivity contribution in [2.45, 2.75) is 13.0 Å². The first-order valence-corrected chi connectivity index (χ1v) is 4.85. The first-order chi connectivity index (χ1) is 6.15. The molecule has 0 unspecified atom stereocenters. The van der Waals surface area contributed by atoms with Crippen LogP contribution in [-0.2, 0) is 0 Å². The van der Waals surface area contributed by atoms with Gasteiger partial charge in [0.1, 0.15) is 0 Å². The molecule has 1 radical (unpaired) electrons. The Bertz CT molecular complexity index is 308. The molecule has 0 spiro atoms. The summed E-state index contributed by atoms with van der Waals surface area (Å²) in [5.41, 5.74) is 1.67. The van der Waals surface area contributed by atoms with Crippen LogP contribution in [0.4, 0.5) is 0 Å². The van der Waals surface area contributed by atoms with Crippen LogP contribution in [0.15, 0.2) is 33.7 Å². The van der Waals surface area contributed by atoms with Crippen LogP contribution in [0, 0.1) is 44.1 Å². The maximum atomic E-state index is 9.39. The largest absolute Gasteiger partial charge is 0.387 e. The van der Waals surface area contributed by atoms with Gasteiger partial charge in [0.2, 0.25) is 0 Å². The topological polar surface area (TPSA) is 32.6 Å². The molecule has 1 N–H and O–H groups in total. The molecule has 0 aliphatic carbocycles. The molecule has 0 aromatic heterocycles. The van der Waals surface area contributed by atoms with E-state index in [4.69, 9.17) is 0 Å². The molecule has 0 saturated heterocycles. The standard InChI is InChI=1S/C10H12BrNO.Ac/c1-7(13)10(12-2)8-3-5-9(11)6-4-8;/h3-7,13H,1-2H3;/t7-;/m1./s1. The molecule has 1 aromatic carbocycles. The fourth-order valence-corrected chi connectivity index (χ4v) is 1.44.